The van der Waals surface area contributed by atoms with Crippen molar-refractivity contribution in [3.63, 3.8) is 0 Å². The van der Waals surface area contributed by atoms with Crippen LogP contribution >= 0.6 is 35.0 Å². The molecular formula is C15H13Cl2NS. The van der Waals surface area contributed by atoms with E-state index in [-0.39, 0.29) is 0 Å². The van der Waals surface area contributed by atoms with Crippen LogP contribution in [-0.2, 0) is 0 Å². The predicted molar refractivity (Wildman–Crippen MR) is 84.6 cm³/mol. The molecule has 0 spiro atoms. The molecule has 1 unspecified atom stereocenters. The van der Waals surface area contributed by atoms with Crippen molar-refractivity contribution in [1.82, 2.24) is 0 Å². The smallest absolute Gasteiger partial charge is 0.0823 e. The van der Waals surface area contributed by atoms with Crippen LogP contribution in [0.25, 0.3) is 0 Å². The van der Waals surface area contributed by atoms with Crippen LogP contribution in [0.5, 0.6) is 0 Å². The van der Waals surface area contributed by atoms with Gasteiger partial charge in [0.2, 0.25) is 0 Å². The van der Waals surface area contributed by atoms with Gasteiger partial charge in [0.25, 0.3) is 0 Å². The van der Waals surface area contributed by atoms with Gasteiger partial charge in [-0.2, -0.15) is 0 Å². The van der Waals surface area contributed by atoms with Crippen LogP contribution in [0.1, 0.15) is 18.0 Å². The molecule has 2 aromatic carbocycles. The van der Waals surface area contributed by atoms with E-state index in [1.54, 1.807) is 6.07 Å². The summed E-state index contributed by atoms with van der Waals surface area (Å²) in [5.41, 5.74) is 2.25. The van der Waals surface area contributed by atoms with Gasteiger partial charge in [-0.05, 0) is 30.2 Å². The first-order valence-electron chi connectivity index (χ1n) is 6.18. The Labute approximate surface area is 127 Å². The van der Waals surface area contributed by atoms with Crippen molar-refractivity contribution >= 4 is 40.7 Å². The van der Waals surface area contributed by atoms with Gasteiger partial charge in [0.1, 0.15) is 0 Å². The first-order chi connectivity index (χ1) is 9.25. The number of rotatable bonds is 2. The van der Waals surface area contributed by atoms with Gasteiger partial charge >= 0.3 is 0 Å². The van der Waals surface area contributed by atoms with Crippen molar-refractivity contribution in [2.24, 2.45) is 0 Å². The highest BCUT2D eigenvalue weighted by atomic mass is 35.5. The second-order valence-corrected chi connectivity index (χ2v) is 6.40. The Morgan fingerprint density at radius 3 is 2.79 bits per heavy atom. The van der Waals surface area contributed by atoms with E-state index in [0.717, 1.165) is 17.9 Å². The fourth-order valence-electron chi connectivity index (χ4n) is 2.29. The largest absolute Gasteiger partial charge is 0.377 e. The fourth-order valence-corrected chi connectivity index (χ4v) is 3.78. The Morgan fingerprint density at radius 2 is 1.89 bits per heavy atom. The first-order valence-corrected chi connectivity index (χ1v) is 7.92. The number of benzene rings is 2. The van der Waals surface area contributed by atoms with Crippen LogP contribution in [0.2, 0.25) is 10.0 Å². The third-order valence-corrected chi connectivity index (χ3v) is 5.18. The SMILES string of the molecule is Clc1cccc(NC2CCSc3ccccc32)c1Cl. The van der Waals surface area contributed by atoms with E-state index in [2.05, 4.69) is 29.6 Å². The molecule has 1 aliphatic rings. The highest BCUT2D eigenvalue weighted by molar-refractivity contribution is 7.99. The number of hydrogen-bond donors (Lipinski definition) is 1. The summed E-state index contributed by atoms with van der Waals surface area (Å²) in [4.78, 5) is 1.35. The molecular weight excluding hydrogens is 297 g/mol. The van der Waals surface area contributed by atoms with E-state index in [9.17, 15) is 0 Å². The minimum atomic E-state index is 0.299. The van der Waals surface area contributed by atoms with Crippen molar-refractivity contribution in [2.75, 3.05) is 11.1 Å². The van der Waals surface area contributed by atoms with E-state index < -0.39 is 0 Å². The maximum Gasteiger partial charge on any atom is 0.0823 e. The average molecular weight is 310 g/mol. The summed E-state index contributed by atoms with van der Waals surface area (Å²) in [6.07, 6.45) is 1.09. The number of halogens is 2. The molecule has 2 aromatic rings. The van der Waals surface area contributed by atoms with Gasteiger partial charge in [-0.1, -0.05) is 47.5 Å². The maximum atomic E-state index is 6.24. The molecule has 0 saturated carbocycles. The number of nitrogens with one attached hydrogen (secondary N) is 1. The van der Waals surface area contributed by atoms with Crippen molar-refractivity contribution in [3.8, 4) is 0 Å². The molecule has 4 heteroatoms. The lowest BCUT2D eigenvalue weighted by atomic mass is 10.0. The topological polar surface area (TPSA) is 12.0 Å². The van der Waals surface area contributed by atoms with Gasteiger partial charge in [-0.15, -0.1) is 11.8 Å². The molecule has 1 nitrogen and oxygen atoms in total. The summed E-state index contributed by atoms with van der Waals surface area (Å²) in [7, 11) is 0. The molecule has 1 N–H and O–H groups in total. The van der Waals surface area contributed by atoms with Gasteiger partial charge in [0.05, 0.1) is 21.8 Å². The van der Waals surface area contributed by atoms with E-state index in [1.165, 1.54) is 10.5 Å². The van der Waals surface area contributed by atoms with Gasteiger partial charge < -0.3 is 5.32 Å². The Kier molecular flexibility index (Phi) is 3.92. The summed E-state index contributed by atoms with van der Waals surface area (Å²) < 4.78 is 0. The lowest BCUT2D eigenvalue weighted by Crippen LogP contribution is -2.16. The number of fused-ring (bicyclic) bond motifs is 1. The fraction of sp³-hybridized carbons (Fsp3) is 0.200. The zero-order valence-corrected chi connectivity index (χ0v) is 12.5. The van der Waals surface area contributed by atoms with Gasteiger partial charge in [0, 0.05) is 10.6 Å². The standard InChI is InChI=1S/C15H13Cl2NS/c16-11-5-3-6-13(15(11)17)18-12-8-9-19-14-7-2-1-4-10(12)14/h1-7,12,18H,8-9H2. The van der Waals surface area contributed by atoms with E-state index >= 15 is 0 Å². The molecule has 98 valence electrons. The van der Waals surface area contributed by atoms with Gasteiger partial charge in [0.15, 0.2) is 0 Å². The van der Waals surface area contributed by atoms with E-state index in [1.807, 2.05) is 23.9 Å². The molecule has 0 radical (unpaired) electrons. The molecule has 1 heterocycles. The van der Waals surface area contributed by atoms with E-state index in [0.29, 0.717) is 16.1 Å². The Hall–Kier alpha value is -0.830. The summed E-state index contributed by atoms with van der Waals surface area (Å²) >= 11 is 14.2. The predicted octanol–water partition coefficient (Wildman–Crippen LogP) is 5.64. The van der Waals surface area contributed by atoms with Crippen LogP contribution in [0.4, 0.5) is 5.69 Å². The van der Waals surface area contributed by atoms with Crippen LogP contribution in [0.15, 0.2) is 47.4 Å². The third-order valence-electron chi connectivity index (χ3n) is 3.24. The first kappa shape index (κ1) is 13.2. The number of anilines is 1. The molecule has 0 saturated heterocycles. The molecule has 19 heavy (non-hydrogen) atoms. The van der Waals surface area contributed by atoms with E-state index in [4.69, 9.17) is 23.2 Å². The molecule has 0 fully saturated rings. The molecule has 0 bridgehead atoms. The Balaban J connectivity index is 1.91. The lowest BCUT2D eigenvalue weighted by molar-refractivity contribution is 0.729. The van der Waals surface area contributed by atoms with Crippen LogP contribution in [-0.4, -0.2) is 5.75 Å². The summed E-state index contributed by atoms with van der Waals surface area (Å²) in [5.74, 6) is 1.12. The molecule has 1 aliphatic heterocycles. The van der Waals surface area contributed by atoms with Gasteiger partial charge in [-0.3, -0.25) is 0 Å². The van der Waals surface area contributed by atoms with Crippen molar-refractivity contribution < 1.29 is 0 Å². The second kappa shape index (κ2) is 5.66. The molecule has 0 aliphatic carbocycles. The van der Waals surface area contributed by atoms with Gasteiger partial charge in [-0.25, -0.2) is 0 Å². The summed E-state index contributed by atoms with van der Waals surface area (Å²) in [5, 5.41) is 4.70. The lowest BCUT2D eigenvalue weighted by Gasteiger charge is -2.27. The van der Waals surface area contributed by atoms with Crippen LogP contribution < -0.4 is 5.32 Å². The minimum absolute atomic E-state index is 0.299. The average Bonchev–Trinajstić information content (AvgIpc) is 2.44. The van der Waals surface area contributed by atoms with Crippen molar-refractivity contribution in [1.29, 1.82) is 0 Å². The van der Waals surface area contributed by atoms with Crippen LogP contribution in [0, 0.1) is 0 Å². The Bertz CT molecular complexity index is 600. The monoisotopic (exact) mass is 309 g/mol. The summed E-state index contributed by atoms with van der Waals surface area (Å²) in [6, 6.07) is 14.5. The highest BCUT2D eigenvalue weighted by Crippen LogP contribution is 2.39. The molecule has 1 atom stereocenters. The molecule has 0 amide bonds. The minimum Gasteiger partial charge on any atom is -0.377 e. The molecule has 3 rings (SSSR count). The zero-order chi connectivity index (χ0) is 13.2. The number of thioether (sulfide) groups is 1. The summed E-state index contributed by atoms with van der Waals surface area (Å²) in [6.45, 7) is 0. The second-order valence-electron chi connectivity index (χ2n) is 4.47. The highest BCUT2D eigenvalue weighted by Gasteiger charge is 2.20. The quantitative estimate of drug-likeness (QED) is 0.770. The third kappa shape index (κ3) is 2.71. The Morgan fingerprint density at radius 1 is 1.05 bits per heavy atom. The normalized spacial score (nSPS) is 17.9. The van der Waals surface area contributed by atoms with Crippen molar-refractivity contribution in [2.45, 2.75) is 17.4 Å². The molecule has 0 aromatic heterocycles. The zero-order valence-electron chi connectivity index (χ0n) is 10.2. The number of hydrogen-bond acceptors (Lipinski definition) is 2. The van der Waals surface area contributed by atoms with Crippen molar-refractivity contribution in [3.05, 3.63) is 58.1 Å². The maximum absolute atomic E-state index is 6.24. The van der Waals surface area contributed by atoms with Crippen LogP contribution in [0.3, 0.4) is 0 Å².